The maximum absolute atomic E-state index is 14.0. The van der Waals surface area contributed by atoms with Crippen molar-refractivity contribution in [2.45, 2.75) is 57.1 Å². The average molecular weight is 482 g/mol. The van der Waals surface area contributed by atoms with Crippen LogP contribution in [-0.4, -0.2) is 71.8 Å². The number of carbonyl (C=O) groups is 2. The van der Waals surface area contributed by atoms with Crippen LogP contribution < -0.4 is 5.32 Å². The van der Waals surface area contributed by atoms with Crippen molar-refractivity contribution in [1.29, 1.82) is 0 Å². The van der Waals surface area contributed by atoms with Gasteiger partial charge in [0.15, 0.2) is 18.5 Å². The summed E-state index contributed by atoms with van der Waals surface area (Å²) in [5.74, 6) is 0.554. The van der Waals surface area contributed by atoms with E-state index in [4.69, 9.17) is 9.26 Å². The molecule has 1 amide bonds. The van der Waals surface area contributed by atoms with E-state index in [-0.39, 0.29) is 18.0 Å². The van der Waals surface area contributed by atoms with Gasteiger partial charge >= 0.3 is 5.97 Å². The van der Waals surface area contributed by atoms with Gasteiger partial charge in [0.25, 0.3) is 5.91 Å². The van der Waals surface area contributed by atoms with Gasteiger partial charge in [-0.15, -0.1) is 0 Å². The van der Waals surface area contributed by atoms with Gasteiger partial charge in [-0.1, -0.05) is 48.3 Å². The average Bonchev–Trinajstić information content (AvgIpc) is 3.22. The van der Waals surface area contributed by atoms with Crippen molar-refractivity contribution >= 4 is 17.7 Å². The molecule has 8 nitrogen and oxygen atoms in total. The zero-order valence-corrected chi connectivity index (χ0v) is 20.7. The molecule has 2 atom stereocenters. The van der Waals surface area contributed by atoms with Gasteiger partial charge in [-0.25, -0.2) is 4.79 Å². The Labute approximate surface area is 207 Å². The molecule has 1 unspecified atom stereocenters. The first-order valence-corrected chi connectivity index (χ1v) is 13.1. The summed E-state index contributed by atoms with van der Waals surface area (Å²) in [4.78, 5) is 29.1. The fraction of sp³-hybridized carbons (Fsp3) is 0.593. The molecule has 8 heteroatoms. The zero-order chi connectivity index (χ0) is 24.3. The third-order valence-corrected chi connectivity index (χ3v) is 8.46. The molecule has 2 aromatic rings. The Bertz CT molecular complexity index is 995. The summed E-state index contributed by atoms with van der Waals surface area (Å²) in [5.41, 5.74) is 0.177. The molecule has 188 valence electrons. The maximum atomic E-state index is 14.0. The summed E-state index contributed by atoms with van der Waals surface area (Å²) < 4.78 is 11.9. The zero-order valence-electron chi connectivity index (χ0n) is 20.7. The highest BCUT2D eigenvalue weighted by Gasteiger charge is 2.51. The van der Waals surface area contributed by atoms with Crippen LogP contribution >= 0.6 is 0 Å². The summed E-state index contributed by atoms with van der Waals surface area (Å²) in [6.07, 6.45) is 7.83. The molecule has 35 heavy (non-hydrogen) atoms. The first-order valence-electron chi connectivity index (χ1n) is 13.1. The molecule has 0 radical (unpaired) electrons. The van der Waals surface area contributed by atoms with Crippen molar-refractivity contribution in [2.75, 3.05) is 44.6 Å². The number of carbonyl (C=O) groups excluding carboxylic acids is 2. The third-order valence-electron chi connectivity index (χ3n) is 8.46. The third kappa shape index (κ3) is 5.00. The van der Waals surface area contributed by atoms with Crippen LogP contribution in [0.1, 0.15) is 51.0 Å². The molecule has 6 rings (SSSR count). The summed E-state index contributed by atoms with van der Waals surface area (Å²) >= 11 is 0. The number of hydrogen-bond acceptors (Lipinski definition) is 6. The normalized spacial score (nSPS) is 28.6. The molecule has 4 aliphatic heterocycles. The molecule has 0 saturated carbocycles. The summed E-state index contributed by atoms with van der Waals surface area (Å²) in [6, 6.07) is 11.7. The lowest BCUT2D eigenvalue weighted by atomic mass is 9.82. The number of likely N-dealkylation sites (tertiary alicyclic amines) is 1. The smallest absolute Gasteiger partial charge is 0.331 e. The number of amides is 1. The minimum absolute atomic E-state index is 0.0805. The number of hydrogen-bond donors (Lipinski definition) is 1. The predicted molar refractivity (Wildman–Crippen MR) is 131 cm³/mol. The molecule has 4 aliphatic rings. The lowest BCUT2D eigenvalue weighted by Crippen LogP contribution is -2.66. The molecule has 1 aromatic carbocycles. The second-order valence-corrected chi connectivity index (χ2v) is 10.7. The number of esters is 1. The molecule has 1 N–H and O–H groups in total. The van der Waals surface area contributed by atoms with E-state index in [0.29, 0.717) is 29.3 Å². The fourth-order valence-electron chi connectivity index (χ4n) is 6.30. The second-order valence-electron chi connectivity index (χ2n) is 10.7. The monoisotopic (exact) mass is 481 g/mol. The number of ether oxygens (including phenoxy) is 1. The lowest BCUT2D eigenvalue weighted by Gasteiger charge is -2.52. The van der Waals surface area contributed by atoms with Crippen molar-refractivity contribution in [1.82, 2.24) is 10.1 Å². The number of rotatable bonds is 7. The van der Waals surface area contributed by atoms with E-state index in [9.17, 15) is 9.59 Å². The summed E-state index contributed by atoms with van der Waals surface area (Å²) in [7, 11) is 0. The Morgan fingerprint density at radius 1 is 1.11 bits per heavy atom. The quantitative estimate of drug-likeness (QED) is 0.481. The Hall–Kier alpha value is -2.71. The van der Waals surface area contributed by atoms with E-state index in [1.165, 1.54) is 19.1 Å². The number of piperidine rings is 3. The number of benzene rings is 1. The van der Waals surface area contributed by atoms with Gasteiger partial charge in [-0.05, 0) is 38.4 Å². The van der Waals surface area contributed by atoms with Gasteiger partial charge < -0.3 is 19.1 Å². The molecule has 5 heterocycles. The van der Waals surface area contributed by atoms with Crippen molar-refractivity contribution in [3.8, 4) is 0 Å². The molecular formula is C27H37N4O4+. The molecular weight excluding hydrogens is 444 g/mol. The number of aromatic nitrogens is 1. The highest BCUT2D eigenvalue weighted by molar-refractivity contribution is 5.90. The molecule has 4 fully saturated rings. The van der Waals surface area contributed by atoms with E-state index in [2.05, 4.69) is 15.4 Å². The number of anilines is 1. The van der Waals surface area contributed by atoms with Crippen molar-refractivity contribution in [3.05, 3.63) is 48.2 Å². The van der Waals surface area contributed by atoms with Crippen LogP contribution in [0.5, 0.6) is 0 Å². The van der Waals surface area contributed by atoms with E-state index in [1.54, 1.807) is 6.07 Å². The van der Waals surface area contributed by atoms with E-state index in [1.807, 2.05) is 37.3 Å². The highest BCUT2D eigenvalue weighted by Crippen LogP contribution is 2.38. The Balaban J connectivity index is 1.32. The van der Waals surface area contributed by atoms with Crippen LogP contribution in [0.2, 0.25) is 0 Å². The van der Waals surface area contributed by atoms with Crippen LogP contribution in [0, 0.1) is 5.92 Å². The number of quaternary nitrogens is 1. The van der Waals surface area contributed by atoms with Crippen LogP contribution in [0.4, 0.5) is 5.82 Å². The van der Waals surface area contributed by atoms with Crippen molar-refractivity contribution in [2.24, 2.45) is 5.92 Å². The van der Waals surface area contributed by atoms with Gasteiger partial charge in [0, 0.05) is 24.8 Å². The SMILES string of the molecule is CC(C(=O)O[C@H]1C[N+]2(CC(=O)Nc3ccon3)CCC1CC2)(c1ccccc1)N1CCCCCC1. The van der Waals surface area contributed by atoms with Gasteiger partial charge in [0.1, 0.15) is 18.3 Å². The molecule has 0 spiro atoms. The molecule has 0 aliphatic carbocycles. The topological polar surface area (TPSA) is 84.7 Å². The number of fused-ring (bicyclic) bond motifs is 3. The Morgan fingerprint density at radius 2 is 1.83 bits per heavy atom. The Morgan fingerprint density at radius 3 is 2.49 bits per heavy atom. The largest absolute Gasteiger partial charge is 0.454 e. The van der Waals surface area contributed by atoms with Gasteiger partial charge in [-0.3, -0.25) is 9.69 Å². The Kier molecular flexibility index (Phi) is 6.93. The minimum atomic E-state index is -0.813. The van der Waals surface area contributed by atoms with Crippen LogP contribution in [0.15, 0.2) is 47.2 Å². The maximum Gasteiger partial charge on any atom is 0.331 e. The van der Waals surface area contributed by atoms with Crippen LogP contribution in [-0.2, 0) is 19.9 Å². The fourth-order valence-corrected chi connectivity index (χ4v) is 6.30. The van der Waals surface area contributed by atoms with Gasteiger partial charge in [0.2, 0.25) is 0 Å². The first kappa shape index (κ1) is 24.0. The van der Waals surface area contributed by atoms with Gasteiger partial charge in [0.05, 0.1) is 13.1 Å². The van der Waals surface area contributed by atoms with Crippen molar-refractivity contribution in [3.63, 3.8) is 0 Å². The predicted octanol–water partition coefficient (Wildman–Crippen LogP) is 3.56. The highest BCUT2D eigenvalue weighted by atomic mass is 16.5. The van der Waals surface area contributed by atoms with E-state index >= 15 is 0 Å². The standard InChI is InChI=1S/C27H36N4O4/c1-27(22-9-5-4-6-10-22,30-14-7-2-3-8-15-30)26(33)35-23-19-31(16-11-21(23)12-17-31)20-25(32)28-24-13-18-34-29-24/h4-6,9-10,13,18,21,23H,2-3,7-8,11-12,14-17,19-20H2,1H3/p+1/t21?,23-,27?,31?/m0/s1. The molecule has 1 aromatic heterocycles. The van der Waals surface area contributed by atoms with Crippen LogP contribution in [0.3, 0.4) is 0 Å². The second kappa shape index (κ2) is 10.1. The summed E-state index contributed by atoms with van der Waals surface area (Å²) in [5, 5.41) is 6.60. The van der Waals surface area contributed by atoms with E-state index < -0.39 is 5.54 Å². The first-order chi connectivity index (χ1) is 17.0. The molecule has 4 saturated heterocycles. The van der Waals surface area contributed by atoms with Gasteiger partial charge in [-0.2, -0.15) is 0 Å². The van der Waals surface area contributed by atoms with E-state index in [0.717, 1.165) is 57.4 Å². The minimum Gasteiger partial charge on any atom is -0.454 e. The summed E-state index contributed by atoms with van der Waals surface area (Å²) in [6.45, 7) is 6.75. The number of nitrogens with one attached hydrogen (secondary N) is 1. The number of nitrogens with zero attached hydrogens (tertiary/aromatic N) is 3. The van der Waals surface area contributed by atoms with Crippen molar-refractivity contribution < 1.29 is 23.3 Å². The van der Waals surface area contributed by atoms with Crippen LogP contribution in [0.25, 0.3) is 0 Å². The molecule has 2 bridgehead atoms. The lowest BCUT2D eigenvalue weighted by molar-refractivity contribution is -0.939.